The molecule has 6 heteroatoms. The van der Waals surface area contributed by atoms with Crippen molar-refractivity contribution in [1.82, 2.24) is 5.32 Å². The quantitative estimate of drug-likeness (QED) is 0.717. The number of aliphatic carboxylic acids is 1. The van der Waals surface area contributed by atoms with E-state index in [0.29, 0.717) is 11.4 Å². The number of rotatable bonds is 8. The third kappa shape index (κ3) is 6.40. The summed E-state index contributed by atoms with van der Waals surface area (Å²) >= 11 is 7.23. The highest BCUT2D eigenvalue weighted by Gasteiger charge is 2.20. The van der Waals surface area contributed by atoms with Crippen LogP contribution in [0.2, 0.25) is 5.02 Å². The molecule has 0 aromatic heterocycles. The molecule has 2 atom stereocenters. The molecule has 2 N–H and O–H groups in total. The summed E-state index contributed by atoms with van der Waals surface area (Å²) in [6.07, 6.45) is 1.34. The van der Waals surface area contributed by atoms with E-state index in [9.17, 15) is 9.59 Å². The van der Waals surface area contributed by atoms with Gasteiger partial charge in [0.2, 0.25) is 5.91 Å². The van der Waals surface area contributed by atoms with Crippen LogP contribution in [0.15, 0.2) is 29.2 Å². The molecule has 0 aliphatic rings. The van der Waals surface area contributed by atoms with Crippen LogP contribution in [-0.4, -0.2) is 28.8 Å². The molecule has 2 unspecified atom stereocenters. The first-order valence-electron chi connectivity index (χ1n) is 6.86. The number of amides is 1. The van der Waals surface area contributed by atoms with Crippen LogP contribution >= 0.6 is 23.4 Å². The predicted octanol–water partition coefficient (Wildman–Crippen LogP) is 3.44. The first-order chi connectivity index (χ1) is 9.93. The third-order valence-electron chi connectivity index (χ3n) is 3.00. The van der Waals surface area contributed by atoms with Crippen molar-refractivity contribution >= 4 is 35.2 Å². The number of halogens is 1. The molecule has 0 fully saturated rings. The zero-order chi connectivity index (χ0) is 15.8. The normalized spacial score (nSPS) is 13.5. The zero-order valence-corrected chi connectivity index (χ0v) is 13.7. The average Bonchev–Trinajstić information content (AvgIpc) is 2.45. The average molecular weight is 330 g/mol. The molecule has 0 saturated carbocycles. The van der Waals surface area contributed by atoms with Crippen LogP contribution in [0.1, 0.15) is 26.7 Å². The first-order valence-corrected chi connectivity index (χ1v) is 8.12. The topological polar surface area (TPSA) is 66.4 Å². The number of carbonyl (C=O) groups excluding carboxylic acids is 1. The van der Waals surface area contributed by atoms with Gasteiger partial charge in [0.15, 0.2) is 0 Å². The second kappa shape index (κ2) is 8.95. The molecule has 1 aromatic carbocycles. The minimum absolute atomic E-state index is 0.155. The van der Waals surface area contributed by atoms with Crippen LogP contribution in [-0.2, 0) is 9.59 Å². The predicted molar refractivity (Wildman–Crippen MR) is 85.8 cm³/mol. The Labute approximate surface area is 134 Å². The maximum Gasteiger partial charge on any atom is 0.308 e. The molecule has 4 nitrogen and oxygen atoms in total. The summed E-state index contributed by atoms with van der Waals surface area (Å²) in [5.41, 5.74) is 0. The maximum atomic E-state index is 12.0. The van der Waals surface area contributed by atoms with Gasteiger partial charge in [-0.15, -0.1) is 11.8 Å². The Bertz CT molecular complexity index is 478. The van der Waals surface area contributed by atoms with Crippen LogP contribution < -0.4 is 5.32 Å². The highest BCUT2D eigenvalue weighted by Crippen LogP contribution is 2.24. The highest BCUT2D eigenvalue weighted by molar-refractivity contribution is 8.00. The zero-order valence-electron chi connectivity index (χ0n) is 12.1. The number of carbonyl (C=O) groups is 2. The molecule has 0 aliphatic heterocycles. The lowest BCUT2D eigenvalue weighted by molar-refractivity contribution is -0.141. The Morgan fingerprint density at radius 2 is 1.95 bits per heavy atom. The molecule has 0 spiro atoms. The molecular formula is C15H20ClNO3S. The number of hydrogen-bond donors (Lipinski definition) is 2. The third-order valence-corrected chi connectivity index (χ3v) is 4.37. The van der Waals surface area contributed by atoms with E-state index in [0.717, 1.165) is 11.3 Å². The second-order valence-corrected chi connectivity index (χ2v) is 6.63. The Hall–Kier alpha value is -1.20. The standard InChI is InChI=1S/C15H20ClNO3S/c1-3-4-11(15(19)20)9-17-14(18)10(2)21-13-7-5-12(16)6-8-13/h5-8,10-11H,3-4,9H2,1-2H3,(H,17,18)(H,19,20). The largest absolute Gasteiger partial charge is 0.481 e. The maximum absolute atomic E-state index is 12.0. The smallest absolute Gasteiger partial charge is 0.308 e. The first kappa shape index (κ1) is 17.9. The molecule has 0 aliphatic carbocycles. The Balaban J connectivity index is 2.47. The van der Waals surface area contributed by atoms with Crippen molar-refractivity contribution in [3.05, 3.63) is 29.3 Å². The van der Waals surface area contributed by atoms with Gasteiger partial charge in [-0.2, -0.15) is 0 Å². The fourth-order valence-electron chi connectivity index (χ4n) is 1.80. The molecule has 0 heterocycles. The van der Waals surface area contributed by atoms with E-state index in [4.69, 9.17) is 16.7 Å². The SMILES string of the molecule is CCCC(CNC(=O)C(C)Sc1ccc(Cl)cc1)C(=O)O. The Kier molecular flexibility index (Phi) is 7.61. The molecule has 0 radical (unpaired) electrons. The van der Waals surface area contributed by atoms with E-state index in [-0.39, 0.29) is 17.7 Å². The van der Waals surface area contributed by atoms with Gasteiger partial charge in [0.1, 0.15) is 0 Å². The van der Waals surface area contributed by atoms with Gasteiger partial charge in [-0.05, 0) is 37.6 Å². The van der Waals surface area contributed by atoms with Crippen molar-refractivity contribution in [1.29, 1.82) is 0 Å². The Morgan fingerprint density at radius 1 is 1.33 bits per heavy atom. The number of carboxylic acid groups (broad SMARTS) is 1. The fourth-order valence-corrected chi connectivity index (χ4v) is 2.82. The van der Waals surface area contributed by atoms with E-state index in [2.05, 4.69) is 5.32 Å². The lowest BCUT2D eigenvalue weighted by Crippen LogP contribution is -2.37. The molecule has 21 heavy (non-hydrogen) atoms. The molecule has 1 aromatic rings. The minimum Gasteiger partial charge on any atom is -0.481 e. The van der Waals surface area contributed by atoms with E-state index < -0.39 is 11.9 Å². The van der Waals surface area contributed by atoms with E-state index in [1.807, 2.05) is 19.1 Å². The minimum atomic E-state index is -0.866. The van der Waals surface area contributed by atoms with Crippen molar-refractivity contribution in [3.63, 3.8) is 0 Å². The lowest BCUT2D eigenvalue weighted by atomic mass is 10.0. The number of hydrogen-bond acceptors (Lipinski definition) is 3. The van der Waals surface area contributed by atoms with Crippen molar-refractivity contribution in [2.45, 2.75) is 36.8 Å². The van der Waals surface area contributed by atoms with Crippen LogP contribution in [0, 0.1) is 5.92 Å². The number of nitrogens with one attached hydrogen (secondary N) is 1. The summed E-state index contributed by atoms with van der Waals surface area (Å²) < 4.78 is 0. The van der Waals surface area contributed by atoms with Gasteiger partial charge < -0.3 is 10.4 Å². The summed E-state index contributed by atoms with van der Waals surface area (Å²) in [7, 11) is 0. The molecular weight excluding hydrogens is 310 g/mol. The second-order valence-electron chi connectivity index (χ2n) is 4.78. The van der Waals surface area contributed by atoms with Gasteiger partial charge in [0.05, 0.1) is 11.2 Å². The van der Waals surface area contributed by atoms with Gasteiger partial charge in [-0.1, -0.05) is 24.9 Å². The molecule has 0 saturated heterocycles. The summed E-state index contributed by atoms with van der Waals surface area (Å²) in [6.45, 7) is 3.90. The lowest BCUT2D eigenvalue weighted by Gasteiger charge is -2.15. The van der Waals surface area contributed by atoms with E-state index in [1.54, 1.807) is 19.1 Å². The molecule has 0 bridgehead atoms. The van der Waals surface area contributed by atoms with Crippen molar-refractivity contribution in [3.8, 4) is 0 Å². The highest BCUT2D eigenvalue weighted by atomic mass is 35.5. The molecule has 1 rings (SSSR count). The van der Waals surface area contributed by atoms with Crippen molar-refractivity contribution < 1.29 is 14.7 Å². The van der Waals surface area contributed by atoms with Crippen molar-refractivity contribution in [2.24, 2.45) is 5.92 Å². The van der Waals surface area contributed by atoms with Gasteiger partial charge in [0.25, 0.3) is 0 Å². The summed E-state index contributed by atoms with van der Waals surface area (Å²) in [6, 6.07) is 7.26. The van der Waals surface area contributed by atoms with Gasteiger partial charge in [-0.3, -0.25) is 9.59 Å². The monoisotopic (exact) mass is 329 g/mol. The van der Waals surface area contributed by atoms with E-state index in [1.165, 1.54) is 11.8 Å². The van der Waals surface area contributed by atoms with E-state index >= 15 is 0 Å². The van der Waals surface area contributed by atoms with Crippen LogP contribution in [0.3, 0.4) is 0 Å². The van der Waals surface area contributed by atoms with Crippen LogP contribution in [0.5, 0.6) is 0 Å². The fraction of sp³-hybridized carbons (Fsp3) is 0.467. The van der Waals surface area contributed by atoms with Crippen molar-refractivity contribution in [2.75, 3.05) is 6.54 Å². The van der Waals surface area contributed by atoms with Crippen LogP contribution in [0.4, 0.5) is 0 Å². The Morgan fingerprint density at radius 3 is 2.48 bits per heavy atom. The summed E-state index contributed by atoms with van der Waals surface area (Å²) in [5.74, 6) is -1.54. The summed E-state index contributed by atoms with van der Waals surface area (Å²) in [5, 5.41) is 12.1. The van der Waals surface area contributed by atoms with Gasteiger partial charge in [0, 0.05) is 16.5 Å². The number of benzene rings is 1. The van der Waals surface area contributed by atoms with Crippen LogP contribution in [0.25, 0.3) is 0 Å². The molecule has 116 valence electrons. The number of carboxylic acids is 1. The summed E-state index contributed by atoms with van der Waals surface area (Å²) in [4.78, 5) is 24.0. The van der Waals surface area contributed by atoms with Gasteiger partial charge in [-0.25, -0.2) is 0 Å². The number of thioether (sulfide) groups is 1. The van der Waals surface area contributed by atoms with Gasteiger partial charge >= 0.3 is 5.97 Å². The molecule has 1 amide bonds.